The maximum atomic E-state index is 12.8. The summed E-state index contributed by atoms with van der Waals surface area (Å²) in [4.78, 5) is 41.3. The quantitative estimate of drug-likeness (QED) is 0.554. The lowest BCUT2D eigenvalue weighted by Gasteiger charge is -2.39. The summed E-state index contributed by atoms with van der Waals surface area (Å²) in [5.74, 6) is 0.411. The molecule has 0 bridgehead atoms. The Hall–Kier alpha value is -2.95. The van der Waals surface area contributed by atoms with Gasteiger partial charge in [-0.15, -0.1) is 11.3 Å². The fourth-order valence-corrected chi connectivity index (χ4v) is 5.18. The predicted octanol–water partition coefficient (Wildman–Crippen LogP) is 3.65. The highest BCUT2D eigenvalue weighted by Crippen LogP contribution is 2.28. The van der Waals surface area contributed by atoms with Crippen molar-refractivity contribution in [2.75, 3.05) is 29.9 Å². The number of aromatic nitrogens is 3. The zero-order valence-corrected chi connectivity index (χ0v) is 20.4. The van der Waals surface area contributed by atoms with Gasteiger partial charge in [0.2, 0.25) is 5.91 Å². The number of thiazole rings is 1. The Morgan fingerprint density at radius 2 is 2.00 bits per heavy atom. The SMILES string of the molecule is C[C@@H]1CN(c2cccc(-c3csc(NC(=O)C4CCN4C(=O)c4c[nH]c(Cl)c4)n3)n2)C[C@H](C)O1. The van der Waals surface area contributed by atoms with Gasteiger partial charge in [0.25, 0.3) is 5.91 Å². The van der Waals surface area contributed by atoms with Gasteiger partial charge in [-0.05, 0) is 38.5 Å². The molecule has 0 aromatic carbocycles. The Bertz CT molecular complexity index is 1200. The van der Waals surface area contributed by atoms with Crippen molar-refractivity contribution in [2.24, 2.45) is 0 Å². The number of carbonyl (C=O) groups is 2. The van der Waals surface area contributed by atoms with E-state index in [1.807, 2.05) is 23.6 Å². The number of carbonyl (C=O) groups excluding carboxylic acids is 2. The Morgan fingerprint density at radius 3 is 2.68 bits per heavy atom. The molecule has 9 nitrogen and oxygen atoms in total. The summed E-state index contributed by atoms with van der Waals surface area (Å²) in [6.07, 6.45) is 2.43. The number of nitrogens with zero attached hydrogens (tertiary/aromatic N) is 4. The van der Waals surface area contributed by atoms with Crippen LogP contribution >= 0.6 is 22.9 Å². The number of anilines is 2. The molecule has 3 aromatic rings. The lowest BCUT2D eigenvalue weighted by Crippen LogP contribution is -2.56. The molecule has 2 aliphatic rings. The molecule has 0 spiro atoms. The number of ether oxygens (including phenoxy) is 1. The zero-order chi connectivity index (χ0) is 23.8. The van der Waals surface area contributed by atoms with Crippen molar-refractivity contribution >= 4 is 45.7 Å². The lowest BCUT2D eigenvalue weighted by atomic mass is 10.0. The van der Waals surface area contributed by atoms with Crippen LogP contribution in [0.2, 0.25) is 5.15 Å². The summed E-state index contributed by atoms with van der Waals surface area (Å²) in [7, 11) is 0. The van der Waals surface area contributed by atoms with Crippen molar-refractivity contribution < 1.29 is 14.3 Å². The van der Waals surface area contributed by atoms with E-state index in [9.17, 15) is 9.59 Å². The van der Waals surface area contributed by atoms with Crippen LogP contribution in [0.1, 0.15) is 30.6 Å². The van der Waals surface area contributed by atoms with Crippen LogP contribution in [0, 0.1) is 0 Å². The van der Waals surface area contributed by atoms with Crippen molar-refractivity contribution in [3.8, 4) is 11.4 Å². The van der Waals surface area contributed by atoms with Crippen LogP contribution in [0.25, 0.3) is 11.4 Å². The first kappa shape index (κ1) is 22.8. The summed E-state index contributed by atoms with van der Waals surface area (Å²) >= 11 is 7.20. The molecule has 1 unspecified atom stereocenters. The van der Waals surface area contributed by atoms with Gasteiger partial charge < -0.3 is 24.8 Å². The molecule has 2 N–H and O–H groups in total. The van der Waals surface area contributed by atoms with Gasteiger partial charge in [0.05, 0.1) is 23.5 Å². The average molecular weight is 501 g/mol. The third kappa shape index (κ3) is 4.66. The standard InChI is InChI=1S/C23H25ClN6O3S/c1-13-10-29(11-14(2)33-13)20-5-3-4-16(26-20)17-12-34-23(27-17)28-21(31)18-6-7-30(18)22(32)15-8-19(24)25-9-15/h3-5,8-9,12-14,18,25H,6-7,10-11H2,1-2H3,(H,27,28,31)/t13-,14+,18?. The molecule has 3 atom stereocenters. The molecular weight excluding hydrogens is 476 g/mol. The van der Waals surface area contributed by atoms with Gasteiger partial charge in [-0.1, -0.05) is 17.7 Å². The van der Waals surface area contributed by atoms with Crippen LogP contribution in [0.3, 0.4) is 0 Å². The number of nitrogens with one attached hydrogen (secondary N) is 2. The fourth-order valence-electron chi connectivity index (χ4n) is 4.30. The van der Waals surface area contributed by atoms with Crippen LogP contribution in [0.15, 0.2) is 35.8 Å². The number of morpholine rings is 1. The van der Waals surface area contributed by atoms with Gasteiger partial charge in [0.15, 0.2) is 5.13 Å². The second kappa shape index (κ2) is 9.36. The van der Waals surface area contributed by atoms with Crippen LogP contribution in [-0.2, 0) is 9.53 Å². The highest BCUT2D eigenvalue weighted by atomic mass is 35.5. The van der Waals surface area contributed by atoms with Gasteiger partial charge in [-0.2, -0.15) is 0 Å². The number of hydrogen-bond acceptors (Lipinski definition) is 7. The minimum atomic E-state index is -0.528. The van der Waals surface area contributed by atoms with E-state index in [-0.39, 0.29) is 24.0 Å². The van der Waals surface area contributed by atoms with E-state index in [0.717, 1.165) is 24.6 Å². The van der Waals surface area contributed by atoms with Gasteiger partial charge in [-0.25, -0.2) is 9.97 Å². The number of hydrogen-bond donors (Lipinski definition) is 2. The molecule has 2 aliphatic heterocycles. The van der Waals surface area contributed by atoms with Crippen LogP contribution in [0.4, 0.5) is 10.9 Å². The molecule has 0 radical (unpaired) electrons. The Kier molecular flexibility index (Phi) is 6.28. The van der Waals surface area contributed by atoms with Gasteiger partial charge in [0.1, 0.15) is 22.7 Å². The number of amides is 2. The van der Waals surface area contributed by atoms with Crippen molar-refractivity contribution in [2.45, 2.75) is 38.5 Å². The zero-order valence-electron chi connectivity index (χ0n) is 18.8. The van der Waals surface area contributed by atoms with E-state index in [0.29, 0.717) is 34.5 Å². The topological polar surface area (TPSA) is 103 Å². The number of aromatic amines is 1. The number of H-pyrrole nitrogens is 1. The molecule has 2 saturated heterocycles. The average Bonchev–Trinajstić information content (AvgIpc) is 3.41. The minimum Gasteiger partial charge on any atom is -0.372 e. The first-order valence-electron chi connectivity index (χ1n) is 11.2. The van der Waals surface area contributed by atoms with Crippen LogP contribution in [-0.4, -0.2) is 69.6 Å². The summed E-state index contributed by atoms with van der Waals surface area (Å²) in [5, 5.41) is 5.59. The molecule has 2 fully saturated rings. The van der Waals surface area contributed by atoms with E-state index >= 15 is 0 Å². The number of rotatable bonds is 5. The van der Waals surface area contributed by atoms with Crippen molar-refractivity contribution in [3.63, 3.8) is 0 Å². The smallest absolute Gasteiger partial charge is 0.256 e. The number of pyridine rings is 1. The van der Waals surface area contributed by atoms with E-state index in [2.05, 4.69) is 34.0 Å². The molecule has 2 amide bonds. The van der Waals surface area contributed by atoms with Crippen molar-refractivity contribution in [1.82, 2.24) is 19.9 Å². The summed E-state index contributed by atoms with van der Waals surface area (Å²) in [6.45, 7) is 6.21. The molecule has 5 rings (SSSR count). The molecule has 5 heterocycles. The Labute approximate surface area is 206 Å². The lowest BCUT2D eigenvalue weighted by molar-refractivity contribution is -0.123. The van der Waals surface area contributed by atoms with E-state index < -0.39 is 6.04 Å². The summed E-state index contributed by atoms with van der Waals surface area (Å²) in [5.41, 5.74) is 1.87. The normalized spacial score (nSPS) is 22.4. The number of likely N-dealkylation sites (tertiary alicyclic amines) is 1. The van der Waals surface area contributed by atoms with Gasteiger partial charge >= 0.3 is 0 Å². The molecule has 11 heteroatoms. The Morgan fingerprint density at radius 1 is 1.21 bits per heavy atom. The molecular formula is C23H25ClN6O3S. The largest absolute Gasteiger partial charge is 0.372 e. The third-order valence-electron chi connectivity index (χ3n) is 5.95. The second-order valence-corrected chi connectivity index (χ2v) is 9.88. The van der Waals surface area contributed by atoms with E-state index in [1.54, 1.807) is 17.2 Å². The van der Waals surface area contributed by atoms with Crippen molar-refractivity contribution in [3.05, 3.63) is 46.6 Å². The molecule has 34 heavy (non-hydrogen) atoms. The third-order valence-corrected chi connectivity index (χ3v) is 6.93. The highest BCUT2D eigenvalue weighted by molar-refractivity contribution is 7.14. The molecule has 3 aromatic heterocycles. The monoisotopic (exact) mass is 500 g/mol. The number of halogens is 1. The van der Waals surface area contributed by atoms with Gasteiger partial charge in [-0.3, -0.25) is 9.59 Å². The fraction of sp³-hybridized carbons (Fsp3) is 0.391. The second-order valence-electron chi connectivity index (χ2n) is 8.61. The van der Waals surface area contributed by atoms with Crippen LogP contribution < -0.4 is 10.2 Å². The maximum Gasteiger partial charge on any atom is 0.256 e. The summed E-state index contributed by atoms with van der Waals surface area (Å²) < 4.78 is 5.82. The van der Waals surface area contributed by atoms with Gasteiger partial charge in [0, 0.05) is 31.2 Å². The van der Waals surface area contributed by atoms with Crippen molar-refractivity contribution in [1.29, 1.82) is 0 Å². The minimum absolute atomic E-state index is 0.141. The van der Waals surface area contributed by atoms with Crippen LogP contribution in [0.5, 0.6) is 0 Å². The first-order chi connectivity index (χ1) is 16.4. The first-order valence-corrected chi connectivity index (χ1v) is 12.4. The maximum absolute atomic E-state index is 12.8. The summed E-state index contributed by atoms with van der Waals surface area (Å²) in [6, 6.07) is 6.89. The molecule has 178 valence electrons. The molecule has 0 saturated carbocycles. The Balaban J connectivity index is 1.25. The molecule has 0 aliphatic carbocycles. The predicted molar refractivity (Wildman–Crippen MR) is 131 cm³/mol. The highest BCUT2D eigenvalue weighted by Gasteiger charge is 2.38. The van der Waals surface area contributed by atoms with E-state index in [4.69, 9.17) is 21.3 Å². The van der Waals surface area contributed by atoms with E-state index in [1.165, 1.54) is 11.3 Å².